The highest BCUT2D eigenvalue weighted by Crippen LogP contribution is 2.40. The third-order valence-electron chi connectivity index (χ3n) is 7.69. The summed E-state index contributed by atoms with van der Waals surface area (Å²) in [6, 6.07) is 15.7. The molecule has 1 aliphatic heterocycles. The fourth-order valence-corrected chi connectivity index (χ4v) is 5.39. The second kappa shape index (κ2) is 10.2. The Kier molecular flexibility index (Phi) is 6.99. The lowest BCUT2D eigenvalue weighted by atomic mass is 9.76. The first kappa shape index (κ1) is 24.1. The highest BCUT2D eigenvalue weighted by atomic mass is 19.2. The van der Waals surface area contributed by atoms with Crippen LogP contribution in [-0.2, 0) is 11.2 Å². The molecule has 5 heteroatoms. The predicted molar refractivity (Wildman–Crippen MR) is 131 cm³/mol. The van der Waals surface area contributed by atoms with Crippen LogP contribution in [0.4, 0.5) is 13.2 Å². The summed E-state index contributed by atoms with van der Waals surface area (Å²) < 4.78 is 49.5. The summed E-state index contributed by atoms with van der Waals surface area (Å²) in [5.74, 6) is -1.21. The number of epoxide rings is 1. The predicted octanol–water partition coefficient (Wildman–Crippen LogP) is 7.80. The third kappa shape index (κ3) is 5.31. The molecule has 2 unspecified atom stereocenters. The van der Waals surface area contributed by atoms with E-state index < -0.39 is 17.7 Å². The molecule has 0 bridgehead atoms. The van der Waals surface area contributed by atoms with Crippen LogP contribution in [0.15, 0.2) is 54.6 Å². The number of hydrogen-bond acceptors (Lipinski definition) is 2. The molecule has 0 amide bonds. The molecule has 0 radical (unpaired) electrons. The van der Waals surface area contributed by atoms with E-state index >= 15 is 4.39 Å². The Balaban J connectivity index is 1.19. The molecule has 3 aromatic rings. The minimum atomic E-state index is -0.809. The van der Waals surface area contributed by atoms with Gasteiger partial charge in [-0.2, -0.15) is 0 Å². The minimum absolute atomic E-state index is 0.0164. The number of aryl methyl sites for hydroxylation is 1. The third-order valence-corrected chi connectivity index (χ3v) is 7.69. The van der Waals surface area contributed by atoms with Gasteiger partial charge in [0.1, 0.15) is 11.9 Å². The average Bonchev–Trinajstić information content (AvgIpc) is 3.70. The van der Waals surface area contributed by atoms with E-state index in [0.717, 1.165) is 49.7 Å². The van der Waals surface area contributed by atoms with E-state index in [1.807, 2.05) is 12.1 Å². The SMILES string of the molecule is CC(O)c1ccc(-c2ccc(C3CCC(CCc4ccc(C5CO5)c(F)c4)CC3)c(F)c2F)cc1. The number of ether oxygens (including phenoxy) is 1. The van der Waals surface area contributed by atoms with Crippen LogP contribution in [0, 0.1) is 23.4 Å². The summed E-state index contributed by atoms with van der Waals surface area (Å²) in [5.41, 5.74) is 3.67. The van der Waals surface area contributed by atoms with Crippen molar-refractivity contribution in [1.82, 2.24) is 0 Å². The van der Waals surface area contributed by atoms with Gasteiger partial charge >= 0.3 is 0 Å². The Morgan fingerprint density at radius 2 is 1.57 bits per heavy atom. The lowest BCUT2D eigenvalue weighted by Crippen LogP contribution is -2.15. The maximum atomic E-state index is 15.1. The fraction of sp³-hybridized carbons (Fsp3) is 0.400. The van der Waals surface area contributed by atoms with Crippen LogP contribution in [0.2, 0.25) is 0 Å². The second-order valence-electron chi connectivity index (χ2n) is 10.1. The van der Waals surface area contributed by atoms with E-state index in [0.29, 0.717) is 29.2 Å². The molecular formula is C30H31F3O2. The first-order valence-electron chi connectivity index (χ1n) is 12.6. The smallest absolute Gasteiger partial charge is 0.166 e. The van der Waals surface area contributed by atoms with Crippen molar-refractivity contribution >= 4 is 0 Å². The van der Waals surface area contributed by atoms with Gasteiger partial charge in [0.15, 0.2) is 11.6 Å². The molecular weight excluding hydrogens is 449 g/mol. The van der Waals surface area contributed by atoms with E-state index in [2.05, 4.69) is 0 Å². The highest BCUT2D eigenvalue weighted by molar-refractivity contribution is 5.65. The Morgan fingerprint density at radius 3 is 2.20 bits per heavy atom. The van der Waals surface area contributed by atoms with Crippen molar-refractivity contribution < 1.29 is 23.0 Å². The first-order valence-corrected chi connectivity index (χ1v) is 12.6. The number of aliphatic hydroxyl groups excluding tert-OH is 1. The van der Waals surface area contributed by atoms with Gasteiger partial charge in [-0.05, 0) is 85.6 Å². The van der Waals surface area contributed by atoms with Gasteiger partial charge < -0.3 is 9.84 Å². The summed E-state index contributed by atoms with van der Waals surface area (Å²) in [5, 5.41) is 9.66. The second-order valence-corrected chi connectivity index (χ2v) is 10.1. The molecule has 5 rings (SSSR count). The van der Waals surface area contributed by atoms with Gasteiger partial charge in [0.25, 0.3) is 0 Å². The molecule has 184 valence electrons. The van der Waals surface area contributed by atoms with E-state index in [-0.39, 0.29) is 23.4 Å². The number of hydrogen-bond donors (Lipinski definition) is 1. The van der Waals surface area contributed by atoms with Gasteiger partial charge in [-0.25, -0.2) is 13.2 Å². The van der Waals surface area contributed by atoms with Crippen molar-refractivity contribution in [3.63, 3.8) is 0 Å². The largest absolute Gasteiger partial charge is 0.389 e. The van der Waals surface area contributed by atoms with Crippen molar-refractivity contribution in [2.45, 2.75) is 63.6 Å². The highest BCUT2D eigenvalue weighted by Gasteiger charge is 2.29. The Labute approximate surface area is 204 Å². The fourth-order valence-electron chi connectivity index (χ4n) is 5.39. The molecule has 35 heavy (non-hydrogen) atoms. The molecule has 2 aliphatic rings. The summed E-state index contributed by atoms with van der Waals surface area (Å²) >= 11 is 0. The van der Waals surface area contributed by atoms with Crippen LogP contribution in [0.3, 0.4) is 0 Å². The Morgan fingerprint density at radius 1 is 0.886 bits per heavy atom. The Hall–Kier alpha value is -2.63. The molecule has 1 saturated carbocycles. The van der Waals surface area contributed by atoms with Gasteiger partial charge in [0.2, 0.25) is 0 Å². The summed E-state index contributed by atoms with van der Waals surface area (Å²) in [4.78, 5) is 0. The minimum Gasteiger partial charge on any atom is -0.389 e. The van der Waals surface area contributed by atoms with Crippen LogP contribution < -0.4 is 0 Å². The number of benzene rings is 3. The van der Waals surface area contributed by atoms with Crippen molar-refractivity contribution in [3.8, 4) is 11.1 Å². The lowest BCUT2D eigenvalue weighted by Gasteiger charge is -2.29. The maximum absolute atomic E-state index is 15.1. The van der Waals surface area contributed by atoms with E-state index in [9.17, 15) is 13.9 Å². The molecule has 0 aromatic heterocycles. The molecule has 3 aromatic carbocycles. The van der Waals surface area contributed by atoms with Crippen LogP contribution in [0.1, 0.15) is 79.4 Å². The monoisotopic (exact) mass is 480 g/mol. The van der Waals surface area contributed by atoms with Crippen molar-refractivity contribution in [3.05, 3.63) is 94.3 Å². The Bertz CT molecular complexity index is 1180. The average molecular weight is 481 g/mol. The van der Waals surface area contributed by atoms with Gasteiger partial charge in [-0.3, -0.25) is 0 Å². The van der Waals surface area contributed by atoms with Crippen LogP contribution in [0.25, 0.3) is 11.1 Å². The molecule has 1 saturated heterocycles. The normalized spacial score (nSPS) is 22.7. The van der Waals surface area contributed by atoms with Gasteiger partial charge in [0, 0.05) is 11.1 Å². The topological polar surface area (TPSA) is 32.8 Å². The molecule has 2 atom stereocenters. The zero-order valence-electron chi connectivity index (χ0n) is 19.9. The van der Waals surface area contributed by atoms with Gasteiger partial charge in [-0.15, -0.1) is 0 Å². The van der Waals surface area contributed by atoms with Crippen molar-refractivity contribution in [1.29, 1.82) is 0 Å². The quantitative estimate of drug-likeness (QED) is 0.350. The van der Waals surface area contributed by atoms with Gasteiger partial charge in [-0.1, -0.05) is 48.5 Å². The standard InChI is InChI=1S/C30H31F3O2/c1-18(34)21-9-11-23(12-10-21)25-15-14-24(29(32)30(25)33)22-7-4-19(5-8-22)2-3-20-6-13-26(27(31)16-20)28-17-35-28/h6,9-16,18-19,22,28,34H,2-5,7-8,17H2,1H3. The van der Waals surface area contributed by atoms with E-state index in [1.54, 1.807) is 49.4 Å². The molecule has 2 nitrogen and oxygen atoms in total. The molecule has 2 fully saturated rings. The lowest BCUT2D eigenvalue weighted by molar-refractivity contribution is 0.199. The van der Waals surface area contributed by atoms with Crippen LogP contribution in [0.5, 0.6) is 0 Å². The summed E-state index contributed by atoms with van der Waals surface area (Å²) in [6.45, 7) is 2.27. The molecule has 0 spiro atoms. The maximum Gasteiger partial charge on any atom is 0.166 e. The number of aliphatic hydroxyl groups is 1. The van der Waals surface area contributed by atoms with Crippen molar-refractivity contribution in [2.24, 2.45) is 5.92 Å². The zero-order valence-corrected chi connectivity index (χ0v) is 19.9. The number of halogens is 3. The molecule has 1 aliphatic carbocycles. The van der Waals surface area contributed by atoms with Gasteiger partial charge in [0.05, 0.1) is 12.7 Å². The van der Waals surface area contributed by atoms with E-state index in [1.165, 1.54) is 0 Å². The molecule has 1 heterocycles. The number of rotatable bonds is 7. The van der Waals surface area contributed by atoms with Crippen LogP contribution >= 0.6 is 0 Å². The summed E-state index contributed by atoms with van der Waals surface area (Å²) in [7, 11) is 0. The first-order chi connectivity index (χ1) is 16.9. The van der Waals surface area contributed by atoms with Crippen LogP contribution in [-0.4, -0.2) is 11.7 Å². The van der Waals surface area contributed by atoms with E-state index in [4.69, 9.17) is 4.74 Å². The van der Waals surface area contributed by atoms with Crippen molar-refractivity contribution in [2.75, 3.05) is 6.61 Å². The summed E-state index contributed by atoms with van der Waals surface area (Å²) in [6.07, 6.45) is 4.70. The molecule has 1 N–H and O–H groups in total. The zero-order chi connectivity index (χ0) is 24.5.